The number of hydrogen-bond donors (Lipinski definition) is 1. The molecule has 4 aromatic rings. The van der Waals surface area contributed by atoms with Gasteiger partial charge >= 0.3 is 0 Å². The van der Waals surface area contributed by atoms with Crippen LogP contribution in [0.15, 0.2) is 85.2 Å². The molecule has 0 aliphatic heterocycles. The first kappa shape index (κ1) is 21.4. The molecule has 1 heterocycles. The van der Waals surface area contributed by atoms with Crippen molar-refractivity contribution in [3.05, 3.63) is 114 Å². The molecule has 1 aromatic heterocycles. The number of nitrogens with zero attached hydrogens (tertiary/aromatic N) is 2. The Morgan fingerprint density at radius 2 is 1.69 bits per heavy atom. The number of carbonyl (C=O) groups is 1. The molecule has 4 rings (SSSR count). The molecule has 0 saturated heterocycles. The van der Waals surface area contributed by atoms with Crippen LogP contribution in [0.3, 0.4) is 0 Å². The fraction of sp³-hybridized carbons (Fsp3) is 0.154. The van der Waals surface area contributed by atoms with Gasteiger partial charge in [0.1, 0.15) is 0 Å². The van der Waals surface area contributed by atoms with Gasteiger partial charge in [0.05, 0.1) is 6.54 Å². The van der Waals surface area contributed by atoms with Gasteiger partial charge in [-0.1, -0.05) is 54.6 Å². The summed E-state index contributed by atoms with van der Waals surface area (Å²) in [6.45, 7) is 1.10. The Hall–Kier alpha value is -3.80. The summed E-state index contributed by atoms with van der Waals surface area (Å²) in [6.07, 6.45) is 4.24. The number of hydrogen-bond acceptors (Lipinski definition) is 2. The smallest absolute Gasteiger partial charge is 0.220 e. The first-order valence-corrected chi connectivity index (χ1v) is 10.4. The average Bonchev–Trinajstić information content (AvgIpc) is 3.32. The second kappa shape index (κ2) is 10.0. The van der Waals surface area contributed by atoms with E-state index in [4.69, 9.17) is 0 Å². The Bertz CT molecular complexity index is 1190. The van der Waals surface area contributed by atoms with Crippen LogP contribution in [0.2, 0.25) is 0 Å². The van der Waals surface area contributed by atoms with E-state index in [2.05, 4.69) is 34.7 Å². The van der Waals surface area contributed by atoms with Crippen molar-refractivity contribution in [2.24, 2.45) is 0 Å². The second-order valence-corrected chi connectivity index (χ2v) is 7.58. The standard InChI is InChI=1S/C26H23F2N3O/c27-24-12-8-19(16-25(24)28)9-13-26(32)29-17-22-4-1-2-5-23(22)21-10-6-20(7-11-21)18-31-15-3-14-30-31/h1-8,10-12,14-16H,9,13,17-18H2,(H,29,32). The maximum absolute atomic E-state index is 13.3. The zero-order valence-corrected chi connectivity index (χ0v) is 17.5. The molecule has 0 fully saturated rings. The summed E-state index contributed by atoms with van der Waals surface area (Å²) in [6, 6.07) is 21.8. The lowest BCUT2D eigenvalue weighted by Crippen LogP contribution is -2.23. The van der Waals surface area contributed by atoms with Crippen molar-refractivity contribution >= 4 is 5.91 Å². The molecule has 1 N–H and O–H groups in total. The van der Waals surface area contributed by atoms with E-state index < -0.39 is 11.6 Å². The maximum Gasteiger partial charge on any atom is 0.220 e. The minimum absolute atomic E-state index is 0.140. The molecule has 0 bridgehead atoms. The molecule has 1 amide bonds. The lowest BCUT2D eigenvalue weighted by atomic mass is 9.98. The minimum atomic E-state index is -0.896. The van der Waals surface area contributed by atoms with Crippen LogP contribution in [0.5, 0.6) is 0 Å². The van der Waals surface area contributed by atoms with Crippen molar-refractivity contribution in [3.8, 4) is 11.1 Å². The van der Waals surface area contributed by atoms with Crippen molar-refractivity contribution < 1.29 is 13.6 Å². The summed E-state index contributed by atoms with van der Waals surface area (Å²) < 4.78 is 28.2. The minimum Gasteiger partial charge on any atom is -0.352 e. The SMILES string of the molecule is O=C(CCc1ccc(F)c(F)c1)NCc1ccccc1-c1ccc(Cn2cccn2)cc1. The number of aromatic nitrogens is 2. The molecule has 3 aromatic carbocycles. The molecule has 0 saturated carbocycles. The molecular weight excluding hydrogens is 408 g/mol. The Kier molecular flexibility index (Phi) is 6.70. The highest BCUT2D eigenvalue weighted by Crippen LogP contribution is 2.24. The van der Waals surface area contributed by atoms with Crippen LogP contribution in [-0.2, 0) is 24.3 Å². The third kappa shape index (κ3) is 5.46. The number of nitrogens with one attached hydrogen (secondary N) is 1. The average molecular weight is 431 g/mol. The lowest BCUT2D eigenvalue weighted by molar-refractivity contribution is -0.121. The van der Waals surface area contributed by atoms with Gasteiger partial charge in [-0.3, -0.25) is 9.48 Å². The number of carbonyl (C=O) groups excluding carboxylic acids is 1. The van der Waals surface area contributed by atoms with Gasteiger partial charge in [0.15, 0.2) is 11.6 Å². The van der Waals surface area contributed by atoms with Crippen LogP contribution in [-0.4, -0.2) is 15.7 Å². The number of benzene rings is 3. The first-order valence-electron chi connectivity index (χ1n) is 10.4. The van der Waals surface area contributed by atoms with Gasteiger partial charge in [-0.25, -0.2) is 8.78 Å². The van der Waals surface area contributed by atoms with Crippen molar-refractivity contribution in [2.45, 2.75) is 25.9 Å². The van der Waals surface area contributed by atoms with E-state index in [1.54, 1.807) is 6.20 Å². The first-order chi connectivity index (χ1) is 15.6. The Labute approximate surface area is 185 Å². The van der Waals surface area contributed by atoms with E-state index in [0.29, 0.717) is 25.1 Å². The third-order valence-corrected chi connectivity index (χ3v) is 5.29. The van der Waals surface area contributed by atoms with Crippen molar-refractivity contribution in [3.63, 3.8) is 0 Å². The van der Waals surface area contributed by atoms with Crippen LogP contribution in [0.4, 0.5) is 8.78 Å². The summed E-state index contributed by atoms with van der Waals surface area (Å²) in [4.78, 5) is 12.3. The largest absolute Gasteiger partial charge is 0.352 e. The van der Waals surface area contributed by atoms with E-state index in [1.165, 1.54) is 6.07 Å². The van der Waals surface area contributed by atoms with Crippen LogP contribution in [0.1, 0.15) is 23.1 Å². The molecule has 6 heteroatoms. The Balaban J connectivity index is 1.36. The molecule has 4 nitrogen and oxygen atoms in total. The van der Waals surface area contributed by atoms with Gasteiger partial charge in [0, 0.05) is 25.4 Å². The van der Waals surface area contributed by atoms with Crippen molar-refractivity contribution in [2.75, 3.05) is 0 Å². The molecule has 162 valence electrons. The highest BCUT2D eigenvalue weighted by molar-refractivity contribution is 5.77. The van der Waals surface area contributed by atoms with Crippen LogP contribution >= 0.6 is 0 Å². The Morgan fingerprint density at radius 1 is 0.906 bits per heavy atom. The van der Waals surface area contributed by atoms with Crippen molar-refractivity contribution in [1.82, 2.24) is 15.1 Å². The van der Waals surface area contributed by atoms with Gasteiger partial charge in [-0.15, -0.1) is 0 Å². The fourth-order valence-electron chi connectivity index (χ4n) is 3.56. The molecule has 0 spiro atoms. The molecule has 0 aliphatic carbocycles. The number of aryl methyl sites for hydroxylation is 1. The van der Waals surface area contributed by atoms with Gasteiger partial charge in [-0.05, 0) is 52.4 Å². The molecule has 0 atom stereocenters. The summed E-state index contributed by atoms with van der Waals surface area (Å²) in [5, 5.41) is 7.16. The van der Waals surface area contributed by atoms with Gasteiger partial charge < -0.3 is 5.32 Å². The predicted octanol–water partition coefficient (Wildman–Crippen LogP) is 5.13. The normalized spacial score (nSPS) is 10.8. The second-order valence-electron chi connectivity index (χ2n) is 7.58. The fourth-order valence-corrected chi connectivity index (χ4v) is 3.56. The zero-order valence-electron chi connectivity index (χ0n) is 17.5. The van der Waals surface area contributed by atoms with Crippen molar-refractivity contribution in [1.29, 1.82) is 0 Å². The topological polar surface area (TPSA) is 46.9 Å². The summed E-state index contributed by atoms with van der Waals surface area (Å²) >= 11 is 0. The lowest BCUT2D eigenvalue weighted by Gasteiger charge is -2.12. The predicted molar refractivity (Wildman–Crippen MR) is 120 cm³/mol. The maximum atomic E-state index is 13.3. The quantitative estimate of drug-likeness (QED) is 0.421. The molecule has 0 unspecified atom stereocenters. The molecular formula is C26H23F2N3O. The summed E-state index contributed by atoms with van der Waals surface area (Å²) in [7, 11) is 0. The van der Waals surface area contributed by atoms with E-state index in [-0.39, 0.29) is 12.3 Å². The van der Waals surface area contributed by atoms with Gasteiger partial charge in [0.2, 0.25) is 5.91 Å². The van der Waals surface area contributed by atoms with Gasteiger partial charge in [-0.2, -0.15) is 5.10 Å². The van der Waals surface area contributed by atoms with Crippen LogP contribution < -0.4 is 5.32 Å². The molecule has 0 aliphatic rings. The van der Waals surface area contributed by atoms with Crippen LogP contribution in [0, 0.1) is 11.6 Å². The summed E-state index contributed by atoms with van der Waals surface area (Å²) in [5.41, 5.74) is 4.88. The van der Waals surface area contributed by atoms with E-state index >= 15 is 0 Å². The van der Waals surface area contributed by atoms with E-state index in [1.807, 2.05) is 41.2 Å². The molecule has 32 heavy (non-hydrogen) atoms. The highest BCUT2D eigenvalue weighted by Gasteiger charge is 2.09. The zero-order chi connectivity index (χ0) is 22.3. The number of halogens is 2. The Morgan fingerprint density at radius 3 is 2.44 bits per heavy atom. The number of amides is 1. The monoisotopic (exact) mass is 431 g/mol. The molecule has 0 radical (unpaired) electrons. The highest BCUT2D eigenvalue weighted by atomic mass is 19.2. The number of rotatable bonds is 8. The van der Waals surface area contributed by atoms with Gasteiger partial charge in [0.25, 0.3) is 0 Å². The van der Waals surface area contributed by atoms with Crippen LogP contribution in [0.25, 0.3) is 11.1 Å². The summed E-state index contributed by atoms with van der Waals surface area (Å²) in [5.74, 6) is -1.92. The van der Waals surface area contributed by atoms with E-state index in [9.17, 15) is 13.6 Å². The van der Waals surface area contributed by atoms with E-state index in [0.717, 1.165) is 34.4 Å². The third-order valence-electron chi connectivity index (χ3n) is 5.29.